The highest BCUT2D eigenvalue weighted by molar-refractivity contribution is 9.10. The molecule has 0 fully saturated rings. The number of aromatic hydroxyl groups is 2. The number of amides is 1. The Bertz CT molecular complexity index is 620. The topological polar surface area (TPSA) is 69.6 Å². The molecular weight excluding hydrogens is 310 g/mol. The minimum atomic E-state index is -0.405. The van der Waals surface area contributed by atoms with E-state index in [-0.39, 0.29) is 17.1 Å². The molecular formula is C14H12BrNO3. The fourth-order valence-corrected chi connectivity index (χ4v) is 2.03. The minimum absolute atomic E-state index is 0.159. The summed E-state index contributed by atoms with van der Waals surface area (Å²) >= 11 is 3.40. The van der Waals surface area contributed by atoms with E-state index in [0.29, 0.717) is 5.69 Å². The van der Waals surface area contributed by atoms with Gasteiger partial charge in [0.25, 0.3) is 5.91 Å². The zero-order chi connectivity index (χ0) is 14.0. The third kappa shape index (κ3) is 3.06. The predicted octanol–water partition coefficient (Wildman–Crippen LogP) is 3.42. The molecule has 3 N–H and O–H groups in total. The van der Waals surface area contributed by atoms with Crippen molar-refractivity contribution >= 4 is 27.5 Å². The number of carbonyl (C=O) groups is 1. The molecule has 0 saturated carbocycles. The molecule has 0 aliphatic heterocycles. The Kier molecular flexibility index (Phi) is 3.76. The van der Waals surface area contributed by atoms with E-state index in [9.17, 15) is 15.0 Å². The van der Waals surface area contributed by atoms with E-state index in [2.05, 4.69) is 21.2 Å². The van der Waals surface area contributed by atoms with Gasteiger partial charge in [-0.3, -0.25) is 4.79 Å². The molecule has 2 rings (SSSR count). The van der Waals surface area contributed by atoms with Crippen LogP contribution in [0.2, 0.25) is 0 Å². The zero-order valence-electron chi connectivity index (χ0n) is 10.1. The number of rotatable bonds is 2. The number of aryl methyl sites for hydroxylation is 1. The van der Waals surface area contributed by atoms with E-state index in [1.807, 2.05) is 19.1 Å². The SMILES string of the molecule is Cc1cccc(NC(=O)c2cc(O)cc(O)c2)c1Br. The van der Waals surface area contributed by atoms with Gasteiger partial charge in [0, 0.05) is 16.1 Å². The third-order valence-electron chi connectivity index (χ3n) is 2.60. The van der Waals surface area contributed by atoms with Gasteiger partial charge in [-0.2, -0.15) is 0 Å². The summed E-state index contributed by atoms with van der Waals surface area (Å²) in [4.78, 5) is 12.0. The van der Waals surface area contributed by atoms with Crippen LogP contribution in [0.4, 0.5) is 5.69 Å². The molecule has 0 atom stereocenters. The number of hydrogen-bond acceptors (Lipinski definition) is 3. The average Bonchev–Trinajstić information content (AvgIpc) is 2.33. The number of hydrogen-bond donors (Lipinski definition) is 3. The molecule has 0 aromatic heterocycles. The van der Waals surface area contributed by atoms with E-state index in [4.69, 9.17) is 0 Å². The molecule has 5 heteroatoms. The van der Waals surface area contributed by atoms with E-state index in [0.717, 1.165) is 10.0 Å². The summed E-state index contributed by atoms with van der Waals surface area (Å²) in [5, 5.41) is 21.4. The van der Waals surface area contributed by atoms with E-state index >= 15 is 0 Å². The van der Waals surface area contributed by atoms with Crippen LogP contribution in [0, 0.1) is 6.92 Å². The second kappa shape index (κ2) is 5.32. The number of anilines is 1. The smallest absolute Gasteiger partial charge is 0.255 e. The van der Waals surface area contributed by atoms with Crippen LogP contribution in [0.1, 0.15) is 15.9 Å². The lowest BCUT2D eigenvalue weighted by Crippen LogP contribution is -2.12. The maximum Gasteiger partial charge on any atom is 0.255 e. The highest BCUT2D eigenvalue weighted by Gasteiger charge is 2.11. The number of carbonyl (C=O) groups excluding carboxylic acids is 1. The molecule has 0 spiro atoms. The Balaban J connectivity index is 2.28. The van der Waals surface area contributed by atoms with Crippen molar-refractivity contribution in [1.82, 2.24) is 0 Å². The van der Waals surface area contributed by atoms with Gasteiger partial charge >= 0.3 is 0 Å². The lowest BCUT2D eigenvalue weighted by molar-refractivity contribution is 0.102. The number of phenolic OH excluding ortho intramolecular Hbond substituents is 2. The normalized spacial score (nSPS) is 10.2. The lowest BCUT2D eigenvalue weighted by Gasteiger charge is -2.09. The molecule has 0 aliphatic rings. The molecule has 2 aromatic rings. The van der Waals surface area contributed by atoms with Crippen LogP contribution in [0.25, 0.3) is 0 Å². The summed E-state index contributed by atoms with van der Waals surface area (Å²) in [5.74, 6) is -0.723. The van der Waals surface area contributed by atoms with Crippen LogP contribution in [-0.4, -0.2) is 16.1 Å². The molecule has 2 aromatic carbocycles. The van der Waals surface area contributed by atoms with Crippen molar-refractivity contribution in [3.63, 3.8) is 0 Å². The van der Waals surface area contributed by atoms with Crippen molar-refractivity contribution in [3.05, 3.63) is 52.0 Å². The van der Waals surface area contributed by atoms with Crippen LogP contribution >= 0.6 is 15.9 Å². The Morgan fingerprint density at radius 2 is 1.79 bits per heavy atom. The highest BCUT2D eigenvalue weighted by atomic mass is 79.9. The van der Waals surface area contributed by atoms with Gasteiger partial charge in [0.05, 0.1) is 5.69 Å². The first-order valence-corrected chi connectivity index (χ1v) is 6.36. The van der Waals surface area contributed by atoms with E-state index in [1.54, 1.807) is 6.07 Å². The zero-order valence-corrected chi connectivity index (χ0v) is 11.7. The second-order valence-electron chi connectivity index (χ2n) is 4.13. The molecule has 0 heterocycles. The summed E-state index contributed by atoms with van der Waals surface area (Å²) < 4.78 is 0.799. The maximum absolute atomic E-state index is 12.0. The fourth-order valence-electron chi connectivity index (χ4n) is 1.66. The monoisotopic (exact) mass is 321 g/mol. The van der Waals surface area contributed by atoms with Gasteiger partial charge in [-0.15, -0.1) is 0 Å². The quantitative estimate of drug-likeness (QED) is 0.793. The molecule has 0 unspecified atom stereocenters. The Labute approximate surface area is 118 Å². The third-order valence-corrected chi connectivity index (χ3v) is 3.66. The van der Waals surface area contributed by atoms with Crippen molar-refractivity contribution in [3.8, 4) is 11.5 Å². The first-order valence-electron chi connectivity index (χ1n) is 5.57. The van der Waals surface area contributed by atoms with Gasteiger partial charge < -0.3 is 15.5 Å². The van der Waals surface area contributed by atoms with Crippen LogP contribution in [0.5, 0.6) is 11.5 Å². The number of phenols is 2. The van der Waals surface area contributed by atoms with Crippen molar-refractivity contribution in [2.75, 3.05) is 5.32 Å². The van der Waals surface area contributed by atoms with Crippen LogP contribution in [0.15, 0.2) is 40.9 Å². The molecule has 0 saturated heterocycles. The van der Waals surface area contributed by atoms with Crippen molar-refractivity contribution in [2.45, 2.75) is 6.92 Å². The summed E-state index contributed by atoms with van der Waals surface area (Å²) in [7, 11) is 0. The predicted molar refractivity (Wildman–Crippen MR) is 76.6 cm³/mol. The van der Waals surface area contributed by atoms with Crippen molar-refractivity contribution in [2.24, 2.45) is 0 Å². The van der Waals surface area contributed by atoms with Gasteiger partial charge in [-0.25, -0.2) is 0 Å². The second-order valence-corrected chi connectivity index (χ2v) is 4.92. The average molecular weight is 322 g/mol. The Morgan fingerprint density at radius 1 is 1.16 bits per heavy atom. The molecule has 19 heavy (non-hydrogen) atoms. The maximum atomic E-state index is 12.0. The molecule has 0 aliphatic carbocycles. The number of halogens is 1. The highest BCUT2D eigenvalue weighted by Crippen LogP contribution is 2.27. The minimum Gasteiger partial charge on any atom is -0.508 e. The van der Waals surface area contributed by atoms with Gasteiger partial charge in [-0.1, -0.05) is 12.1 Å². The largest absolute Gasteiger partial charge is 0.508 e. The van der Waals surface area contributed by atoms with Crippen LogP contribution in [-0.2, 0) is 0 Å². The Morgan fingerprint density at radius 3 is 2.42 bits per heavy atom. The van der Waals surface area contributed by atoms with Gasteiger partial charge in [-0.05, 0) is 46.6 Å². The van der Waals surface area contributed by atoms with Crippen molar-refractivity contribution < 1.29 is 15.0 Å². The molecule has 1 amide bonds. The molecule has 98 valence electrons. The number of benzene rings is 2. The standard InChI is InChI=1S/C14H12BrNO3/c1-8-3-2-4-12(13(8)15)16-14(19)9-5-10(17)7-11(18)6-9/h2-7,17-18H,1H3,(H,16,19). The van der Waals surface area contributed by atoms with Crippen LogP contribution in [0.3, 0.4) is 0 Å². The van der Waals surface area contributed by atoms with Gasteiger partial charge in [0.15, 0.2) is 0 Å². The summed E-state index contributed by atoms with van der Waals surface area (Å²) in [5.41, 5.74) is 1.82. The summed E-state index contributed by atoms with van der Waals surface area (Å²) in [6.07, 6.45) is 0. The fraction of sp³-hybridized carbons (Fsp3) is 0.0714. The van der Waals surface area contributed by atoms with E-state index in [1.165, 1.54) is 18.2 Å². The molecule has 0 radical (unpaired) electrons. The lowest BCUT2D eigenvalue weighted by atomic mass is 10.1. The first kappa shape index (κ1) is 13.4. The van der Waals surface area contributed by atoms with Crippen LogP contribution < -0.4 is 5.32 Å². The van der Waals surface area contributed by atoms with E-state index < -0.39 is 5.91 Å². The molecule has 0 bridgehead atoms. The van der Waals surface area contributed by atoms with Gasteiger partial charge in [0.1, 0.15) is 11.5 Å². The number of nitrogens with one attached hydrogen (secondary N) is 1. The summed E-state index contributed by atoms with van der Waals surface area (Å²) in [6, 6.07) is 9.25. The van der Waals surface area contributed by atoms with Gasteiger partial charge in [0.2, 0.25) is 0 Å². The molecule has 4 nitrogen and oxygen atoms in total. The first-order chi connectivity index (χ1) is 8.97. The van der Waals surface area contributed by atoms with Crippen molar-refractivity contribution in [1.29, 1.82) is 0 Å². The summed E-state index contributed by atoms with van der Waals surface area (Å²) in [6.45, 7) is 1.92. The Hall–Kier alpha value is -2.01.